The van der Waals surface area contributed by atoms with Gasteiger partial charge in [0.2, 0.25) is 24.2 Å². The van der Waals surface area contributed by atoms with Crippen LogP contribution in [0.15, 0.2) is 18.5 Å². The van der Waals surface area contributed by atoms with Gasteiger partial charge in [0.05, 0.1) is 11.8 Å². The summed E-state index contributed by atoms with van der Waals surface area (Å²) in [5.74, 6) is 0.485. The second-order valence-corrected chi connectivity index (χ2v) is 7.28. The van der Waals surface area contributed by atoms with Crippen molar-refractivity contribution in [3.8, 4) is 0 Å². The maximum Gasteiger partial charge on any atom is 0.226 e. The summed E-state index contributed by atoms with van der Waals surface area (Å²) >= 11 is 0. The van der Waals surface area contributed by atoms with Crippen LogP contribution in [-0.2, 0) is 14.4 Å². The van der Waals surface area contributed by atoms with Gasteiger partial charge in [0, 0.05) is 64.8 Å². The minimum absolute atomic E-state index is 0.0650. The molecule has 3 heterocycles. The summed E-state index contributed by atoms with van der Waals surface area (Å²) in [5, 5.41) is 0. The molecule has 1 aliphatic carbocycles. The second kappa shape index (κ2) is 7.50. The minimum atomic E-state index is -0.184. The van der Waals surface area contributed by atoms with Crippen LogP contribution in [0.2, 0.25) is 0 Å². The lowest BCUT2D eigenvalue weighted by molar-refractivity contribution is -0.139. The molecule has 2 atom stereocenters. The van der Waals surface area contributed by atoms with Gasteiger partial charge in [-0.1, -0.05) is 0 Å². The molecule has 27 heavy (non-hydrogen) atoms. The van der Waals surface area contributed by atoms with Crippen molar-refractivity contribution in [2.75, 3.05) is 57.3 Å². The Kier molecular flexibility index (Phi) is 4.91. The van der Waals surface area contributed by atoms with Crippen LogP contribution in [0, 0.1) is 11.8 Å². The van der Waals surface area contributed by atoms with Gasteiger partial charge in [-0.2, -0.15) is 0 Å². The van der Waals surface area contributed by atoms with Crippen LogP contribution in [0.3, 0.4) is 0 Å². The highest BCUT2D eigenvalue weighted by Crippen LogP contribution is 2.41. The summed E-state index contributed by atoms with van der Waals surface area (Å²) < 4.78 is 0. The van der Waals surface area contributed by atoms with E-state index in [1.807, 2.05) is 4.90 Å². The van der Waals surface area contributed by atoms with Crippen LogP contribution in [0.5, 0.6) is 0 Å². The Labute approximate surface area is 157 Å². The van der Waals surface area contributed by atoms with Gasteiger partial charge in [-0.15, -0.1) is 0 Å². The molecule has 3 aliphatic rings. The molecule has 0 spiro atoms. The molecule has 2 saturated heterocycles. The van der Waals surface area contributed by atoms with Crippen LogP contribution in [0.25, 0.3) is 0 Å². The zero-order valence-corrected chi connectivity index (χ0v) is 15.2. The monoisotopic (exact) mass is 372 g/mol. The molecule has 0 aromatic carbocycles. The fourth-order valence-corrected chi connectivity index (χ4v) is 3.84. The fourth-order valence-electron chi connectivity index (χ4n) is 3.84. The summed E-state index contributed by atoms with van der Waals surface area (Å²) in [6.45, 7) is 4.94. The number of carbonyl (C=O) groups excluding carboxylic acids is 3. The molecule has 9 nitrogen and oxygen atoms in total. The van der Waals surface area contributed by atoms with Crippen molar-refractivity contribution < 1.29 is 14.4 Å². The molecule has 0 bridgehead atoms. The Morgan fingerprint density at radius 3 is 1.89 bits per heavy atom. The maximum atomic E-state index is 12.8. The van der Waals surface area contributed by atoms with Gasteiger partial charge in [0.15, 0.2) is 0 Å². The average molecular weight is 372 g/mol. The SMILES string of the molecule is O=CN1CCN(C(=O)C2CC2C(=O)N2CCN(c3ncccn3)CC2)CC1. The van der Waals surface area contributed by atoms with E-state index in [1.54, 1.807) is 28.3 Å². The maximum absolute atomic E-state index is 12.8. The molecule has 2 aliphatic heterocycles. The highest BCUT2D eigenvalue weighted by atomic mass is 16.2. The van der Waals surface area contributed by atoms with Crippen molar-refractivity contribution in [1.29, 1.82) is 0 Å². The van der Waals surface area contributed by atoms with Crippen LogP contribution >= 0.6 is 0 Å². The highest BCUT2D eigenvalue weighted by Gasteiger charge is 2.51. The number of nitrogens with zero attached hydrogens (tertiary/aromatic N) is 6. The van der Waals surface area contributed by atoms with Crippen molar-refractivity contribution in [1.82, 2.24) is 24.7 Å². The number of hydrogen-bond acceptors (Lipinski definition) is 6. The Hall–Kier alpha value is -2.71. The summed E-state index contributed by atoms with van der Waals surface area (Å²) in [6.07, 6.45) is 4.91. The van der Waals surface area contributed by atoms with Gasteiger partial charge < -0.3 is 19.6 Å². The first-order valence-electron chi connectivity index (χ1n) is 9.46. The third-order valence-electron chi connectivity index (χ3n) is 5.63. The van der Waals surface area contributed by atoms with E-state index < -0.39 is 0 Å². The predicted molar refractivity (Wildman–Crippen MR) is 96.6 cm³/mol. The molecule has 0 N–H and O–H groups in total. The number of anilines is 1. The second-order valence-electron chi connectivity index (χ2n) is 7.28. The number of hydrogen-bond donors (Lipinski definition) is 0. The molecular weight excluding hydrogens is 348 g/mol. The van der Waals surface area contributed by atoms with Crippen molar-refractivity contribution in [3.05, 3.63) is 18.5 Å². The van der Waals surface area contributed by atoms with E-state index in [9.17, 15) is 14.4 Å². The van der Waals surface area contributed by atoms with E-state index in [2.05, 4.69) is 14.9 Å². The molecule has 9 heteroatoms. The number of aromatic nitrogens is 2. The zero-order valence-electron chi connectivity index (χ0n) is 15.2. The number of piperazine rings is 2. The molecule has 1 aromatic heterocycles. The fraction of sp³-hybridized carbons (Fsp3) is 0.611. The lowest BCUT2D eigenvalue weighted by atomic mass is 10.2. The Morgan fingerprint density at radius 1 is 0.852 bits per heavy atom. The van der Waals surface area contributed by atoms with Crippen LogP contribution in [0.1, 0.15) is 6.42 Å². The van der Waals surface area contributed by atoms with Gasteiger partial charge >= 0.3 is 0 Å². The molecule has 144 valence electrons. The lowest BCUT2D eigenvalue weighted by Gasteiger charge is -2.35. The lowest BCUT2D eigenvalue weighted by Crippen LogP contribution is -2.50. The van der Waals surface area contributed by atoms with E-state index in [1.165, 1.54) is 0 Å². The number of amides is 3. The summed E-state index contributed by atoms with van der Waals surface area (Å²) in [5.41, 5.74) is 0. The summed E-state index contributed by atoms with van der Waals surface area (Å²) in [7, 11) is 0. The normalized spacial score (nSPS) is 25.3. The summed E-state index contributed by atoms with van der Waals surface area (Å²) in [4.78, 5) is 52.1. The molecule has 3 amide bonds. The van der Waals surface area contributed by atoms with Crippen LogP contribution in [0.4, 0.5) is 5.95 Å². The Balaban J connectivity index is 1.26. The third kappa shape index (κ3) is 3.72. The Morgan fingerprint density at radius 2 is 1.37 bits per heavy atom. The van der Waals surface area contributed by atoms with Crippen molar-refractivity contribution in [2.45, 2.75) is 6.42 Å². The van der Waals surface area contributed by atoms with E-state index in [0.717, 1.165) is 6.41 Å². The largest absolute Gasteiger partial charge is 0.342 e. The van der Waals surface area contributed by atoms with Gasteiger partial charge in [-0.25, -0.2) is 9.97 Å². The highest BCUT2D eigenvalue weighted by molar-refractivity contribution is 5.92. The van der Waals surface area contributed by atoms with E-state index >= 15 is 0 Å². The number of carbonyl (C=O) groups is 3. The molecule has 0 radical (unpaired) electrons. The first kappa shape index (κ1) is 17.7. The average Bonchev–Trinajstić information content (AvgIpc) is 3.54. The van der Waals surface area contributed by atoms with E-state index in [-0.39, 0.29) is 23.7 Å². The van der Waals surface area contributed by atoms with Crippen molar-refractivity contribution >= 4 is 24.2 Å². The standard InChI is InChI=1S/C18H24N6O3/c25-13-21-4-6-22(7-5-21)16(26)14-12-15(14)17(27)23-8-10-24(11-9-23)18-19-2-1-3-20-18/h1-3,13-15H,4-12H2. The Bertz CT molecular complexity index is 698. The molecule has 1 aromatic rings. The number of rotatable bonds is 4. The van der Waals surface area contributed by atoms with Gasteiger partial charge in [0.25, 0.3) is 0 Å². The van der Waals surface area contributed by atoms with Gasteiger partial charge in [-0.3, -0.25) is 14.4 Å². The first-order valence-corrected chi connectivity index (χ1v) is 9.46. The van der Waals surface area contributed by atoms with Crippen LogP contribution < -0.4 is 4.90 Å². The van der Waals surface area contributed by atoms with Crippen molar-refractivity contribution in [2.24, 2.45) is 11.8 Å². The topological polar surface area (TPSA) is 90.0 Å². The van der Waals surface area contributed by atoms with E-state index in [4.69, 9.17) is 0 Å². The zero-order chi connectivity index (χ0) is 18.8. The summed E-state index contributed by atoms with van der Waals surface area (Å²) in [6, 6.07) is 1.78. The predicted octanol–water partition coefficient (Wildman–Crippen LogP) is -0.938. The van der Waals surface area contributed by atoms with Crippen molar-refractivity contribution in [3.63, 3.8) is 0 Å². The molecule has 3 fully saturated rings. The van der Waals surface area contributed by atoms with Gasteiger partial charge in [0.1, 0.15) is 0 Å². The molecule has 2 unspecified atom stereocenters. The van der Waals surface area contributed by atoms with Gasteiger partial charge in [-0.05, 0) is 12.5 Å². The molecule has 1 saturated carbocycles. The van der Waals surface area contributed by atoms with E-state index in [0.29, 0.717) is 64.7 Å². The quantitative estimate of drug-likeness (QED) is 0.634. The smallest absolute Gasteiger partial charge is 0.226 e. The minimum Gasteiger partial charge on any atom is -0.342 e. The third-order valence-corrected chi connectivity index (χ3v) is 5.63. The molecule has 4 rings (SSSR count). The van der Waals surface area contributed by atoms with Crippen LogP contribution in [-0.4, -0.2) is 95.3 Å². The first-order chi connectivity index (χ1) is 13.2. The molecular formula is C18H24N6O3.